The molecule has 0 fully saturated rings. The van der Waals surface area contributed by atoms with Crippen molar-refractivity contribution in [2.24, 2.45) is 0 Å². The number of hydrogen-bond acceptors (Lipinski definition) is 5. The van der Waals surface area contributed by atoms with Crippen molar-refractivity contribution in [1.82, 2.24) is 9.55 Å². The number of hydrogen-bond donors (Lipinski definition) is 0. The quantitative estimate of drug-likeness (QED) is 0.206. The zero-order valence-corrected chi connectivity index (χ0v) is 18.5. The van der Waals surface area contributed by atoms with E-state index in [-0.39, 0.29) is 11.2 Å². The summed E-state index contributed by atoms with van der Waals surface area (Å²) in [5.74, 6) is 0.845. The van der Waals surface area contributed by atoms with Gasteiger partial charge in [0.25, 0.3) is 11.2 Å². The summed E-state index contributed by atoms with van der Waals surface area (Å²) in [7, 11) is 1.53. The molecule has 0 bridgehead atoms. The zero-order valence-electron chi connectivity index (χ0n) is 16.4. The van der Waals surface area contributed by atoms with E-state index in [1.165, 1.54) is 17.7 Å². The Morgan fingerprint density at radius 2 is 1.81 bits per heavy atom. The van der Waals surface area contributed by atoms with Crippen molar-refractivity contribution in [2.75, 3.05) is 7.11 Å². The summed E-state index contributed by atoms with van der Waals surface area (Å²) in [5, 5.41) is 11.8. The number of aromatic nitrogens is 2. The Hall–Kier alpha value is -3.53. The normalized spacial score (nSPS) is 11.2. The molecule has 8 heteroatoms. The first kappa shape index (κ1) is 20.7. The van der Waals surface area contributed by atoms with E-state index < -0.39 is 4.92 Å². The average molecular weight is 525 g/mol. The molecule has 0 unspecified atom stereocenters. The number of para-hydroxylation sites is 3. The second kappa shape index (κ2) is 8.68. The highest BCUT2D eigenvalue weighted by Gasteiger charge is 2.16. The highest BCUT2D eigenvalue weighted by atomic mass is 127. The molecule has 0 spiro atoms. The van der Waals surface area contributed by atoms with Gasteiger partial charge in [-0.3, -0.25) is 19.5 Å². The van der Waals surface area contributed by atoms with Gasteiger partial charge in [-0.25, -0.2) is 4.98 Å². The van der Waals surface area contributed by atoms with Gasteiger partial charge in [0.2, 0.25) is 0 Å². The van der Waals surface area contributed by atoms with Crippen LogP contribution in [-0.2, 0) is 0 Å². The summed E-state index contributed by atoms with van der Waals surface area (Å²) in [5.41, 5.74) is 1.20. The van der Waals surface area contributed by atoms with Crippen LogP contribution < -0.4 is 10.3 Å². The lowest BCUT2D eigenvalue weighted by Crippen LogP contribution is -2.23. The van der Waals surface area contributed by atoms with Gasteiger partial charge in [0.15, 0.2) is 0 Å². The van der Waals surface area contributed by atoms with Crippen LogP contribution in [0, 0.1) is 13.7 Å². The van der Waals surface area contributed by atoms with Crippen molar-refractivity contribution in [3.8, 4) is 11.4 Å². The van der Waals surface area contributed by atoms with Crippen LogP contribution in [-0.4, -0.2) is 21.6 Å². The molecule has 7 nitrogen and oxygen atoms in total. The molecule has 4 rings (SSSR count). The van der Waals surface area contributed by atoms with Gasteiger partial charge in [0, 0.05) is 9.64 Å². The second-order valence-electron chi connectivity index (χ2n) is 6.59. The predicted octanol–water partition coefficient (Wildman–Crippen LogP) is 5.08. The molecule has 4 aromatic rings. The van der Waals surface area contributed by atoms with Crippen LogP contribution in [0.15, 0.2) is 71.5 Å². The van der Waals surface area contributed by atoms with E-state index in [0.29, 0.717) is 33.7 Å². The van der Waals surface area contributed by atoms with Crippen molar-refractivity contribution in [3.63, 3.8) is 0 Å². The first-order chi connectivity index (χ1) is 15.0. The number of halogens is 1. The molecule has 3 aromatic carbocycles. The standard InChI is InChI=1S/C23H16IN3O4/c1-31-21-9-5-4-8-20(21)26-22(13-10-15-6-2-3-7-19(15)27(29)30)25-18-12-11-16(24)14-17(18)23(26)28/h2-14H,1H3/b13-10+. The first-order valence-electron chi connectivity index (χ1n) is 9.27. The Morgan fingerprint density at radius 1 is 1.06 bits per heavy atom. The Labute approximate surface area is 190 Å². The minimum absolute atomic E-state index is 0.0275. The minimum atomic E-state index is -0.442. The molecule has 1 aromatic heterocycles. The largest absolute Gasteiger partial charge is 0.495 e. The maximum absolute atomic E-state index is 13.5. The third-order valence-corrected chi connectivity index (χ3v) is 5.40. The Kier molecular flexibility index (Phi) is 5.81. The second-order valence-corrected chi connectivity index (χ2v) is 7.84. The van der Waals surface area contributed by atoms with Crippen LogP contribution in [0.3, 0.4) is 0 Å². The highest BCUT2D eigenvalue weighted by molar-refractivity contribution is 14.1. The van der Waals surface area contributed by atoms with E-state index in [1.54, 1.807) is 60.7 Å². The monoisotopic (exact) mass is 525 g/mol. The van der Waals surface area contributed by atoms with Crippen LogP contribution in [0.5, 0.6) is 5.75 Å². The molecule has 154 valence electrons. The Bertz CT molecular complexity index is 1400. The zero-order chi connectivity index (χ0) is 22.0. The van der Waals surface area contributed by atoms with E-state index in [4.69, 9.17) is 4.74 Å². The van der Waals surface area contributed by atoms with Crippen molar-refractivity contribution in [2.45, 2.75) is 0 Å². The fourth-order valence-electron chi connectivity index (χ4n) is 3.29. The predicted molar refractivity (Wildman–Crippen MR) is 129 cm³/mol. The van der Waals surface area contributed by atoms with Crippen molar-refractivity contribution in [3.05, 3.63) is 102 Å². The van der Waals surface area contributed by atoms with E-state index in [2.05, 4.69) is 27.6 Å². The molecule has 31 heavy (non-hydrogen) atoms. The van der Waals surface area contributed by atoms with Gasteiger partial charge in [0.05, 0.1) is 34.2 Å². The van der Waals surface area contributed by atoms with Gasteiger partial charge >= 0.3 is 0 Å². The molecule has 0 N–H and O–H groups in total. The summed E-state index contributed by atoms with van der Waals surface area (Å²) in [4.78, 5) is 29.1. The van der Waals surface area contributed by atoms with Crippen molar-refractivity contribution >= 4 is 51.3 Å². The number of nitro groups is 1. The fraction of sp³-hybridized carbons (Fsp3) is 0.0435. The number of nitrogens with zero attached hydrogens (tertiary/aromatic N) is 3. The third kappa shape index (κ3) is 4.06. The molecule has 0 amide bonds. The van der Waals surface area contributed by atoms with E-state index in [0.717, 1.165) is 3.57 Å². The minimum Gasteiger partial charge on any atom is -0.495 e. The molecule has 0 aliphatic carbocycles. The van der Waals surface area contributed by atoms with Gasteiger partial charge in [0.1, 0.15) is 11.6 Å². The summed E-state index contributed by atoms with van der Waals surface area (Å²) >= 11 is 2.15. The lowest BCUT2D eigenvalue weighted by Gasteiger charge is -2.14. The first-order valence-corrected chi connectivity index (χ1v) is 10.3. The lowest BCUT2D eigenvalue weighted by molar-refractivity contribution is -0.385. The number of rotatable bonds is 5. The topological polar surface area (TPSA) is 87.3 Å². The molecule has 1 heterocycles. The maximum Gasteiger partial charge on any atom is 0.276 e. The number of fused-ring (bicyclic) bond motifs is 1. The van der Waals surface area contributed by atoms with Gasteiger partial charge in [-0.15, -0.1) is 0 Å². The van der Waals surface area contributed by atoms with Crippen LogP contribution in [0.25, 0.3) is 28.7 Å². The van der Waals surface area contributed by atoms with E-state index in [9.17, 15) is 14.9 Å². The maximum atomic E-state index is 13.5. The van der Waals surface area contributed by atoms with Gasteiger partial charge in [-0.05, 0) is 71.1 Å². The Balaban J connectivity index is 2.00. The fourth-order valence-corrected chi connectivity index (χ4v) is 3.78. The van der Waals surface area contributed by atoms with Crippen molar-refractivity contribution in [1.29, 1.82) is 0 Å². The SMILES string of the molecule is COc1ccccc1-n1c(/C=C/c2ccccc2[N+](=O)[O-])nc2ccc(I)cc2c1=O. The molecular weight excluding hydrogens is 509 g/mol. The van der Waals surface area contributed by atoms with Gasteiger partial charge in [-0.2, -0.15) is 0 Å². The molecule has 0 atom stereocenters. The summed E-state index contributed by atoms with van der Waals surface area (Å²) in [6.45, 7) is 0. The van der Waals surface area contributed by atoms with Crippen LogP contribution >= 0.6 is 22.6 Å². The number of ether oxygens (including phenoxy) is 1. The third-order valence-electron chi connectivity index (χ3n) is 4.73. The smallest absolute Gasteiger partial charge is 0.276 e. The molecule has 0 aliphatic heterocycles. The van der Waals surface area contributed by atoms with Crippen LogP contribution in [0.1, 0.15) is 11.4 Å². The van der Waals surface area contributed by atoms with Gasteiger partial charge in [-0.1, -0.05) is 24.3 Å². The van der Waals surface area contributed by atoms with E-state index in [1.807, 2.05) is 12.1 Å². The summed E-state index contributed by atoms with van der Waals surface area (Å²) < 4.78 is 7.83. The number of methoxy groups -OCH3 is 1. The average Bonchev–Trinajstić information content (AvgIpc) is 2.78. The lowest BCUT2D eigenvalue weighted by atomic mass is 10.1. The Morgan fingerprint density at radius 3 is 2.58 bits per heavy atom. The number of nitro benzene ring substituents is 1. The van der Waals surface area contributed by atoms with Crippen molar-refractivity contribution < 1.29 is 9.66 Å². The van der Waals surface area contributed by atoms with Crippen LogP contribution in [0.2, 0.25) is 0 Å². The molecule has 0 saturated carbocycles. The highest BCUT2D eigenvalue weighted by Crippen LogP contribution is 2.25. The molecule has 0 radical (unpaired) electrons. The molecular formula is C23H16IN3O4. The summed E-state index contributed by atoms with van der Waals surface area (Å²) in [6.07, 6.45) is 3.19. The molecule has 0 saturated heterocycles. The van der Waals surface area contributed by atoms with Gasteiger partial charge < -0.3 is 4.74 Å². The summed E-state index contributed by atoms with van der Waals surface area (Å²) in [6, 6.07) is 19.0. The number of benzene rings is 3. The van der Waals surface area contributed by atoms with Crippen LogP contribution in [0.4, 0.5) is 5.69 Å². The molecule has 0 aliphatic rings. The van der Waals surface area contributed by atoms with E-state index >= 15 is 0 Å².